The molecule has 1 atom stereocenters. The number of carboxylic acid groups (broad SMARTS) is 1. The van der Waals surface area contributed by atoms with E-state index in [2.05, 4.69) is 5.32 Å². The van der Waals surface area contributed by atoms with Crippen LogP contribution in [0.2, 0.25) is 0 Å². The Bertz CT molecular complexity index is 471. The molecule has 1 saturated heterocycles. The molecular formula is C11H20N2O5S. The van der Waals surface area contributed by atoms with Gasteiger partial charge in [-0.1, -0.05) is 0 Å². The van der Waals surface area contributed by atoms with Crippen molar-refractivity contribution < 1.29 is 23.1 Å². The van der Waals surface area contributed by atoms with E-state index in [9.17, 15) is 18.0 Å². The summed E-state index contributed by atoms with van der Waals surface area (Å²) in [5.74, 6) is -0.951. The number of aliphatic carboxylic acids is 1. The second kappa shape index (κ2) is 5.36. The molecule has 1 rings (SSSR count). The first-order valence-corrected chi connectivity index (χ1v) is 7.84. The van der Waals surface area contributed by atoms with E-state index in [0.29, 0.717) is 6.42 Å². The van der Waals surface area contributed by atoms with Gasteiger partial charge in [-0.05, 0) is 26.2 Å². The summed E-state index contributed by atoms with van der Waals surface area (Å²) >= 11 is 0. The Morgan fingerprint density at radius 2 is 2.00 bits per heavy atom. The van der Waals surface area contributed by atoms with Crippen LogP contribution < -0.4 is 5.32 Å². The summed E-state index contributed by atoms with van der Waals surface area (Å²) in [4.78, 5) is 23.9. The van der Waals surface area contributed by atoms with Crippen LogP contribution in [-0.4, -0.2) is 61.1 Å². The van der Waals surface area contributed by atoms with Crippen molar-refractivity contribution in [1.82, 2.24) is 10.2 Å². The second-order valence-electron chi connectivity index (χ2n) is 5.38. The van der Waals surface area contributed by atoms with Gasteiger partial charge in [0.1, 0.15) is 5.54 Å². The fraction of sp³-hybridized carbons (Fsp3) is 0.818. The molecule has 1 fully saturated rings. The van der Waals surface area contributed by atoms with Gasteiger partial charge in [0.05, 0.1) is 11.5 Å². The number of rotatable bonds is 4. The standard InChI is InChI=1S/C11H20N2O5S/c1-11(2,9(14)15)13(3)10(16)12-6-8-4-5-19(17,18)7-8/h8H,4-7H2,1-3H3,(H,12,16)(H,14,15). The first-order chi connectivity index (χ1) is 8.56. The SMILES string of the molecule is CN(C(=O)NCC1CCS(=O)(=O)C1)C(C)(C)C(=O)O. The van der Waals surface area contributed by atoms with Crippen molar-refractivity contribution in [2.45, 2.75) is 25.8 Å². The number of nitrogens with one attached hydrogen (secondary N) is 1. The van der Waals surface area contributed by atoms with Crippen molar-refractivity contribution in [2.24, 2.45) is 5.92 Å². The highest BCUT2D eigenvalue weighted by atomic mass is 32.2. The van der Waals surface area contributed by atoms with Crippen LogP contribution in [0.15, 0.2) is 0 Å². The van der Waals surface area contributed by atoms with Crippen LogP contribution in [0.3, 0.4) is 0 Å². The van der Waals surface area contributed by atoms with Crippen LogP contribution in [0.4, 0.5) is 4.79 Å². The molecule has 110 valence electrons. The van der Waals surface area contributed by atoms with E-state index >= 15 is 0 Å². The largest absolute Gasteiger partial charge is 0.480 e. The minimum Gasteiger partial charge on any atom is -0.480 e. The molecule has 2 N–H and O–H groups in total. The lowest BCUT2D eigenvalue weighted by molar-refractivity contribution is -0.146. The molecule has 1 aliphatic heterocycles. The average Bonchev–Trinajstić information content (AvgIpc) is 2.64. The van der Waals surface area contributed by atoms with Gasteiger partial charge in [-0.15, -0.1) is 0 Å². The Balaban J connectivity index is 2.50. The number of amides is 2. The molecule has 1 heterocycles. The van der Waals surface area contributed by atoms with E-state index in [1.165, 1.54) is 20.9 Å². The zero-order chi connectivity index (χ0) is 14.8. The van der Waals surface area contributed by atoms with Crippen LogP contribution in [-0.2, 0) is 14.6 Å². The van der Waals surface area contributed by atoms with Gasteiger partial charge in [0.2, 0.25) is 0 Å². The molecule has 0 spiro atoms. The highest BCUT2D eigenvalue weighted by Crippen LogP contribution is 2.18. The lowest BCUT2D eigenvalue weighted by atomic mass is 10.0. The smallest absolute Gasteiger partial charge is 0.329 e. The predicted molar refractivity (Wildman–Crippen MR) is 69.6 cm³/mol. The lowest BCUT2D eigenvalue weighted by Crippen LogP contribution is -2.54. The molecule has 1 unspecified atom stereocenters. The maximum atomic E-state index is 11.8. The minimum atomic E-state index is -2.96. The van der Waals surface area contributed by atoms with Crippen LogP contribution in [0.5, 0.6) is 0 Å². The molecule has 0 bridgehead atoms. The molecule has 0 aromatic rings. The molecule has 0 saturated carbocycles. The Kier molecular flexibility index (Phi) is 4.44. The van der Waals surface area contributed by atoms with E-state index in [-0.39, 0.29) is 24.0 Å². The second-order valence-corrected chi connectivity index (χ2v) is 7.61. The number of nitrogens with zero attached hydrogens (tertiary/aromatic N) is 1. The highest BCUT2D eigenvalue weighted by Gasteiger charge is 2.36. The normalized spacial score (nSPS) is 21.9. The van der Waals surface area contributed by atoms with Crippen molar-refractivity contribution in [3.05, 3.63) is 0 Å². The third-order valence-electron chi connectivity index (χ3n) is 3.54. The summed E-state index contributed by atoms with van der Waals surface area (Å²) in [7, 11) is -1.57. The summed E-state index contributed by atoms with van der Waals surface area (Å²) in [5, 5.41) is 11.6. The van der Waals surface area contributed by atoms with Gasteiger partial charge in [-0.25, -0.2) is 18.0 Å². The molecule has 0 aromatic carbocycles. The fourth-order valence-corrected chi connectivity index (χ4v) is 3.64. The molecule has 0 aliphatic carbocycles. The first-order valence-electron chi connectivity index (χ1n) is 6.02. The van der Waals surface area contributed by atoms with E-state index in [0.717, 1.165) is 4.90 Å². The Hall–Kier alpha value is -1.31. The summed E-state index contributed by atoms with van der Waals surface area (Å²) < 4.78 is 22.5. The van der Waals surface area contributed by atoms with Gasteiger partial charge in [0.15, 0.2) is 9.84 Å². The van der Waals surface area contributed by atoms with Gasteiger partial charge in [-0.3, -0.25) is 0 Å². The maximum Gasteiger partial charge on any atom is 0.329 e. The lowest BCUT2D eigenvalue weighted by Gasteiger charge is -2.31. The number of sulfone groups is 1. The third kappa shape index (κ3) is 3.82. The highest BCUT2D eigenvalue weighted by molar-refractivity contribution is 7.91. The van der Waals surface area contributed by atoms with Crippen molar-refractivity contribution in [2.75, 3.05) is 25.1 Å². The van der Waals surface area contributed by atoms with E-state index in [4.69, 9.17) is 5.11 Å². The predicted octanol–water partition coefficient (Wildman–Crippen LogP) is -0.0743. The maximum absolute atomic E-state index is 11.8. The fourth-order valence-electron chi connectivity index (χ4n) is 1.78. The number of carbonyl (C=O) groups is 2. The van der Waals surface area contributed by atoms with Crippen molar-refractivity contribution in [3.63, 3.8) is 0 Å². The van der Waals surface area contributed by atoms with E-state index in [1.807, 2.05) is 0 Å². The molecule has 1 aliphatic rings. The van der Waals surface area contributed by atoms with Gasteiger partial charge in [-0.2, -0.15) is 0 Å². The van der Waals surface area contributed by atoms with Crippen LogP contribution in [0, 0.1) is 5.92 Å². The molecule has 7 nitrogen and oxygen atoms in total. The van der Waals surface area contributed by atoms with E-state index in [1.54, 1.807) is 0 Å². The third-order valence-corrected chi connectivity index (χ3v) is 5.37. The van der Waals surface area contributed by atoms with Gasteiger partial charge in [0, 0.05) is 13.6 Å². The zero-order valence-electron chi connectivity index (χ0n) is 11.3. The number of carbonyl (C=O) groups excluding carboxylic acids is 1. The molecule has 2 amide bonds. The monoisotopic (exact) mass is 292 g/mol. The van der Waals surface area contributed by atoms with Gasteiger partial charge < -0.3 is 15.3 Å². The topological polar surface area (TPSA) is 104 Å². The summed E-state index contributed by atoms with van der Waals surface area (Å²) in [6.45, 7) is 3.10. The summed E-state index contributed by atoms with van der Waals surface area (Å²) in [6, 6.07) is -0.517. The van der Waals surface area contributed by atoms with Crippen LogP contribution in [0.1, 0.15) is 20.3 Å². The zero-order valence-corrected chi connectivity index (χ0v) is 12.2. The molecular weight excluding hydrogens is 272 g/mol. The van der Waals surface area contributed by atoms with E-state index < -0.39 is 27.4 Å². The quantitative estimate of drug-likeness (QED) is 0.754. The van der Waals surface area contributed by atoms with Crippen LogP contribution >= 0.6 is 0 Å². The minimum absolute atomic E-state index is 0.0827. The number of carboxylic acids is 1. The first kappa shape index (κ1) is 15.7. The van der Waals surface area contributed by atoms with Gasteiger partial charge >= 0.3 is 12.0 Å². The average molecular weight is 292 g/mol. The number of likely N-dealkylation sites (N-methyl/N-ethyl adjacent to an activating group) is 1. The number of urea groups is 1. The molecule has 8 heteroatoms. The summed E-state index contributed by atoms with van der Waals surface area (Å²) in [5.41, 5.74) is -1.31. The van der Waals surface area contributed by atoms with Crippen molar-refractivity contribution >= 4 is 21.8 Å². The Morgan fingerprint density at radius 3 is 2.42 bits per heavy atom. The van der Waals surface area contributed by atoms with Gasteiger partial charge in [0.25, 0.3) is 0 Å². The number of hydrogen-bond acceptors (Lipinski definition) is 4. The Labute approximate surface area is 112 Å². The summed E-state index contributed by atoms with van der Waals surface area (Å²) in [6.07, 6.45) is 0.536. The molecule has 0 radical (unpaired) electrons. The van der Waals surface area contributed by atoms with Crippen molar-refractivity contribution in [1.29, 1.82) is 0 Å². The Morgan fingerprint density at radius 1 is 1.42 bits per heavy atom. The number of hydrogen-bond donors (Lipinski definition) is 2. The molecule has 0 aromatic heterocycles. The molecule has 19 heavy (non-hydrogen) atoms. The van der Waals surface area contributed by atoms with Crippen molar-refractivity contribution in [3.8, 4) is 0 Å². The van der Waals surface area contributed by atoms with Crippen LogP contribution in [0.25, 0.3) is 0 Å².